The molecule has 0 rings (SSSR count). The van der Waals surface area contributed by atoms with E-state index in [1.54, 1.807) is 0 Å². The van der Waals surface area contributed by atoms with Crippen LogP contribution in [0.25, 0.3) is 0 Å². The monoisotopic (exact) mass is 224 g/mol. The van der Waals surface area contributed by atoms with Crippen molar-refractivity contribution in [3.63, 3.8) is 0 Å². The third-order valence-electron chi connectivity index (χ3n) is 3.39. The minimum atomic E-state index is 0.929. The first kappa shape index (κ1) is 15.7. The molecule has 0 aromatic carbocycles. The molecule has 0 aromatic rings. The van der Waals surface area contributed by atoms with Crippen LogP contribution in [0.15, 0.2) is 12.2 Å². The number of hydrogen-bond acceptors (Lipinski definition) is 0. The lowest BCUT2D eigenvalue weighted by atomic mass is 9.97. The van der Waals surface area contributed by atoms with Crippen LogP contribution in [0.1, 0.15) is 85.0 Å². The summed E-state index contributed by atoms with van der Waals surface area (Å²) in [6.07, 6.45) is 13.5. The summed E-state index contributed by atoms with van der Waals surface area (Å²) >= 11 is 0. The normalized spacial score (nSPS) is 12.7. The van der Waals surface area contributed by atoms with E-state index in [2.05, 4.69) is 27.4 Å². The Kier molecular flexibility index (Phi) is 11.0. The maximum absolute atomic E-state index is 4.18. The van der Waals surface area contributed by atoms with Gasteiger partial charge in [-0.3, -0.25) is 0 Å². The molecule has 0 bridgehead atoms. The summed E-state index contributed by atoms with van der Waals surface area (Å²) in [6, 6.07) is 0. The maximum Gasteiger partial charge on any atom is -0.0323 e. The molecule has 0 heteroatoms. The Balaban J connectivity index is 3.27. The molecule has 0 aliphatic carbocycles. The molecule has 16 heavy (non-hydrogen) atoms. The second-order valence-electron chi connectivity index (χ2n) is 5.35. The molecule has 0 fully saturated rings. The van der Waals surface area contributed by atoms with E-state index >= 15 is 0 Å². The van der Waals surface area contributed by atoms with Gasteiger partial charge in [-0.2, -0.15) is 0 Å². The minimum absolute atomic E-state index is 0.929. The van der Waals surface area contributed by atoms with E-state index in [-0.39, 0.29) is 0 Å². The zero-order valence-corrected chi connectivity index (χ0v) is 11.9. The molecule has 0 heterocycles. The molecule has 1 atom stereocenters. The molecule has 0 nitrogen and oxygen atoms in total. The largest absolute Gasteiger partial charge is 0.0999 e. The quantitative estimate of drug-likeness (QED) is 0.293. The molecular formula is C16H32. The molecule has 0 aliphatic heterocycles. The first-order valence-electron chi connectivity index (χ1n) is 7.37. The Morgan fingerprint density at radius 2 is 1.50 bits per heavy atom. The third-order valence-corrected chi connectivity index (χ3v) is 3.39. The summed E-state index contributed by atoms with van der Waals surface area (Å²) < 4.78 is 0. The Bertz CT molecular complexity index is 157. The number of unbranched alkanes of at least 4 members (excludes halogenated alkanes) is 3. The van der Waals surface area contributed by atoms with E-state index in [1.165, 1.54) is 69.8 Å². The van der Waals surface area contributed by atoms with Gasteiger partial charge in [0.1, 0.15) is 0 Å². The average Bonchev–Trinajstić information content (AvgIpc) is 2.25. The van der Waals surface area contributed by atoms with Crippen molar-refractivity contribution in [1.82, 2.24) is 0 Å². The van der Waals surface area contributed by atoms with Gasteiger partial charge in [0.05, 0.1) is 0 Å². The second-order valence-corrected chi connectivity index (χ2v) is 5.35. The highest BCUT2D eigenvalue weighted by Crippen LogP contribution is 2.18. The molecule has 1 unspecified atom stereocenters. The van der Waals surface area contributed by atoms with Crippen LogP contribution in [-0.4, -0.2) is 0 Å². The van der Waals surface area contributed by atoms with Crippen molar-refractivity contribution < 1.29 is 0 Å². The summed E-state index contributed by atoms with van der Waals surface area (Å²) in [5.74, 6) is 0.929. The molecule has 0 amide bonds. The molecular weight excluding hydrogens is 192 g/mol. The lowest BCUT2D eigenvalue weighted by Crippen LogP contribution is -1.94. The van der Waals surface area contributed by atoms with Gasteiger partial charge in [-0.1, -0.05) is 71.4 Å². The van der Waals surface area contributed by atoms with Crippen molar-refractivity contribution in [2.75, 3.05) is 0 Å². The smallest absolute Gasteiger partial charge is 0.0323 e. The maximum atomic E-state index is 4.18. The van der Waals surface area contributed by atoms with E-state index in [1.807, 2.05) is 0 Å². The minimum Gasteiger partial charge on any atom is -0.0999 e. The number of rotatable bonds is 11. The standard InChI is InChI=1S/C16H32/c1-5-7-8-12-16(4)14-10-9-13-15(3)11-6-2/h15H,4-14H2,1-3H3. The Morgan fingerprint density at radius 3 is 2.06 bits per heavy atom. The summed E-state index contributed by atoms with van der Waals surface area (Å²) in [7, 11) is 0. The van der Waals surface area contributed by atoms with Crippen molar-refractivity contribution in [2.24, 2.45) is 5.92 Å². The van der Waals surface area contributed by atoms with Crippen LogP contribution in [0, 0.1) is 5.92 Å². The lowest BCUT2D eigenvalue weighted by molar-refractivity contribution is 0.460. The zero-order valence-electron chi connectivity index (χ0n) is 11.9. The van der Waals surface area contributed by atoms with Crippen LogP contribution < -0.4 is 0 Å². The van der Waals surface area contributed by atoms with E-state index in [4.69, 9.17) is 0 Å². The topological polar surface area (TPSA) is 0 Å². The highest BCUT2D eigenvalue weighted by atomic mass is 14.1. The van der Waals surface area contributed by atoms with Crippen molar-refractivity contribution in [3.05, 3.63) is 12.2 Å². The van der Waals surface area contributed by atoms with E-state index in [0.717, 1.165) is 5.92 Å². The SMILES string of the molecule is C=C(CCCCC)CCCCC(C)CCC. The number of hydrogen-bond donors (Lipinski definition) is 0. The van der Waals surface area contributed by atoms with Crippen LogP contribution in [0.4, 0.5) is 0 Å². The third kappa shape index (κ3) is 10.3. The summed E-state index contributed by atoms with van der Waals surface area (Å²) in [5.41, 5.74) is 1.48. The molecule has 0 saturated carbocycles. The van der Waals surface area contributed by atoms with Gasteiger partial charge in [-0.05, 0) is 31.6 Å². The van der Waals surface area contributed by atoms with Crippen molar-refractivity contribution >= 4 is 0 Å². The van der Waals surface area contributed by atoms with Gasteiger partial charge in [-0.15, -0.1) is 0 Å². The van der Waals surface area contributed by atoms with Gasteiger partial charge in [0, 0.05) is 0 Å². The van der Waals surface area contributed by atoms with E-state index in [9.17, 15) is 0 Å². The fourth-order valence-electron chi connectivity index (χ4n) is 2.25. The number of allylic oxidation sites excluding steroid dienone is 1. The fraction of sp³-hybridized carbons (Fsp3) is 0.875. The summed E-state index contributed by atoms with van der Waals surface area (Å²) in [4.78, 5) is 0. The van der Waals surface area contributed by atoms with Gasteiger partial charge in [0.15, 0.2) is 0 Å². The average molecular weight is 224 g/mol. The molecule has 0 saturated heterocycles. The van der Waals surface area contributed by atoms with Gasteiger partial charge < -0.3 is 0 Å². The van der Waals surface area contributed by atoms with Gasteiger partial charge in [-0.25, -0.2) is 0 Å². The molecule has 96 valence electrons. The first-order chi connectivity index (χ1) is 7.70. The Morgan fingerprint density at radius 1 is 0.875 bits per heavy atom. The van der Waals surface area contributed by atoms with Crippen LogP contribution in [0.5, 0.6) is 0 Å². The first-order valence-corrected chi connectivity index (χ1v) is 7.37. The molecule has 0 aromatic heterocycles. The van der Waals surface area contributed by atoms with Crippen LogP contribution in [0.3, 0.4) is 0 Å². The van der Waals surface area contributed by atoms with Gasteiger partial charge in [0.2, 0.25) is 0 Å². The van der Waals surface area contributed by atoms with Crippen molar-refractivity contribution in [3.8, 4) is 0 Å². The molecule has 0 radical (unpaired) electrons. The predicted molar refractivity (Wildman–Crippen MR) is 75.8 cm³/mol. The van der Waals surface area contributed by atoms with Crippen LogP contribution in [-0.2, 0) is 0 Å². The van der Waals surface area contributed by atoms with Crippen molar-refractivity contribution in [1.29, 1.82) is 0 Å². The summed E-state index contributed by atoms with van der Waals surface area (Å²) in [5, 5.41) is 0. The predicted octanol–water partition coefficient (Wildman–Crippen LogP) is 6.12. The van der Waals surface area contributed by atoms with Crippen molar-refractivity contribution in [2.45, 2.75) is 85.0 Å². The highest BCUT2D eigenvalue weighted by molar-refractivity contribution is 4.93. The molecule has 0 N–H and O–H groups in total. The van der Waals surface area contributed by atoms with E-state index in [0.29, 0.717) is 0 Å². The van der Waals surface area contributed by atoms with Gasteiger partial charge in [0.25, 0.3) is 0 Å². The van der Waals surface area contributed by atoms with E-state index < -0.39 is 0 Å². The Labute approximate surface area is 104 Å². The van der Waals surface area contributed by atoms with Crippen LogP contribution >= 0.6 is 0 Å². The van der Waals surface area contributed by atoms with Gasteiger partial charge >= 0.3 is 0 Å². The zero-order chi connectivity index (χ0) is 12.2. The molecule has 0 aliphatic rings. The Hall–Kier alpha value is -0.260. The fourth-order valence-corrected chi connectivity index (χ4v) is 2.25. The summed E-state index contributed by atoms with van der Waals surface area (Å²) in [6.45, 7) is 11.1. The second kappa shape index (κ2) is 11.2. The highest BCUT2D eigenvalue weighted by Gasteiger charge is 2.01. The molecule has 0 spiro atoms. The van der Waals surface area contributed by atoms with Crippen LogP contribution in [0.2, 0.25) is 0 Å². The lowest BCUT2D eigenvalue weighted by Gasteiger charge is -2.10.